The molecule has 4 heteroatoms. The van der Waals surface area contributed by atoms with Crippen molar-refractivity contribution in [3.05, 3.63) is 88.7 Å². The van der Waals surface area contributed by atoms with Crippen LogP contribution in [0.2, 0.25) is 5.02 Å². The smallest absolute Gasteiger partial charge is 0.228 e. The van der Waals surface area contributed by atoms with Gasteiger partial charge < -0.3 is 9.88 Å². The van der Waals surface area contributed by atoms with Crippen LogP contribution in [-0.2, 0) is 16.8 Å². The fourth-order valence-electron chi connectivity index (χ4n) is 4.41. The molecule has 1 aliphatic rings. The molecule has 3 nitrogen and oxygen atoms in total. The Balaban J connectivity index is 1.69. The van der Waals surface area contributed by atoms with Gasteiger partial charge in [0.15, 0.2) is 0 Å². The van der Waals surface area contributed by atoms with Crippen molar-refractivity contribution in [2.75, 3.05) is 5.32 Å². The van der Waals surface area contributed by atoms with Crippen molar-refractivity contribution < 1.29 is 4.79 Å². The van der Waals surface area contributed by atoms with E-state index in [1.807, 2.05) is 12.1 Å². The van der Waals surface area contributed by atoms with Gasteiger partial charge in [-0.1, -0.05) is 56.6 Å². The molecule has 4 rings (SSSR count). The number of aryl methyl sites for hydroxylation is 1. The number of hydrogen-bond donors (Lipinski definition) is 1. The number of carbonyl (C=O) groups is 1. The van der Waals surface area contributed by atoms with Gasteiger partial charge in [0, 0.05) is 35.1 Å². The zero-order valence-electron chi connectivity index (χ0n) is 17.9. The molecule has 3 aromatic rings. The SMILES string of the molecule is CC(C)(C)c1ccc(C2c3cccn3CCCC2C(=O)Nc2ccc(Cl)cc2)cc1. The Labute approximate surface area is 184 Å². The molecule has 0 radical (unpaired) electrons. The van der Waals surface area contributed by atoms with E-state index in [4.69, 9.17) is 11.6 Å². The normalized spacial score (nSPS) is 19.1. The van der Waals surface area contributed by atoms with E-state index in [0.717, 1.165) is 25.1 Å². The molecule has 0 bridgehead atoms. The maximum absolute atomic E-state index is 13.4. The third kappa shape index (κ3) is 4.32. The summed E-state index contributed by atoms with van der Waals surface area (Å²) in [6.45, 7) is 7.62. The minimum Gasteiger partial charge on any atom is -0.351 e. The van der Waals surface area contributed by atoms with E-state index in [9.17, 15) is 4.79 Å². The summed E-state index contributed by atoms with van der Waals surface area (Å²) in [5.41, 5.74) is 4.60. The summed E-state index contributed by atoms with van der Waals surface area (Å²) in [4.78, 5) is 13.4. The molecule has 0 spiro atoms. The topological polar surface area (TPSA) is 34.0 Å². The van der Waals surface area contributed by atoms with Gasteiger partial charge in [-0.3, -0.25) is 4.79 Å². The quantitative estimate of drug-likeness (QED) is 0.507. The summed E-state index contributed by atoms with van der Waals surface area (Å²) in [5, 5.41) is 3.78. The number of amides is 1. The highest BCUT2D eigenvalue weighted by atomic mass is 35.5. The van der Waals surface area contributed by atoms with Gasteiger partial charge in [0.1, 0.15) is 0 Å². The molecule has 2 atom stereocenters. The minimum atomic E-state index is -0.127. The Bertz CT molecular complexity index is 1010. The molecule has 2 aromatic carbocycles. The van der Waals surface area contributed by atoms with Crippen LogP contribution in [0.5, 0.6) is 0 Å². The molecule has 0 aliphatic carbocycles. The highest BCUT2D eigenvalue weighted by Gasteiger charge is 2.34. The lowest BCUT2D eigenvalue weighted by Gasteiger charge is -2.27. The Morgan fingerprint density at radius 3 is 2.40 bits per heavy atom. The first-order valence-electron chi connectivity index (χ1n) is 10.6. The van der Waals surface area contributed by atoms with Gasteiger partial charge in [-0.2, -0.15) is 0 Å². The monoisotopic (exact) mass is 420 g/mol. The molecule has 0 saturated heterocycles. The van der Waals surface area contributed by atoms with Crippen molar-refractivity contribution in [1.82, 2.24) is 4.57 Å². The molecule has 2 heterocycles. The summed E-state index contributed by atoms with van der Waals surface area (Å²) >= 11 is 5.99. The number of aromatic nitrogens is 1. The van der Waals surface area contributed by atoms with E-state index >= 15 is 0 Å². The summed E-state index contributed by atoms with van der Waals surface area (Å²) in [5.74, 6) is -0.0296. The average molecular weight is 421 g/mol. The minimum absolute atomic E-state index is 0.0313. The molecular formula is C26H29ClN2O. The fraction of sp³-hybridized carbons (Fsp3) is 0.346. The Hall–Kier alpha value is -2.52. The molecule has 1 aliphatic heterocycles. The van der Waals surface area contributed by atoms with E-state index in [-0.39, 0.29) is 23.2 Å². The molecule has 1 N–H and O–H groups in total. The first-order chi connectivity index (χ1) is 14.3. The lowest BCUT2D eigenvalue weighted by atomic mass is 9.79. The van der Waals surface area contributed by atoms with E-state index in [1.54, 1.807) is 12.1 Å². The van der Waals surface area contributed by atoms with Crippen LogP contribution in [0.25, 0.3) is 0 Å². The van der Waals surface area contributed by atoms with E-state index in [0.29, 0.717) is 5.02 Å². The standard InChI is InChI=1S/C26H29ClN2O/c1-26(2,3)19-10-8-18(9-11-19)24-22(6-4-16-29-17-5-7-23(24)29)25(30)28-21-14-12-20(27)13-15-21/h5,7-15,17,22,24H,4,6,16H2,1-3H3,(H,28,30). The highest BCUT2D eigenvalue weighted by Crippen LogP contribution is 2.39. The van der Waals surface area contributed by atoms with Crippen molar-refractivity contribution in [1.29, 1.82) is 0 Å². The van der Waals surface area contributed by atoms with Crippen LogP contribution in [-0.4, -0.2) is 10.5 Å². The van der Waals surface area contributed by atoms with Crippen molar-refractivity contribution in [3.63, 3.8) is 0 Å². The lowest BCUT2D eigenvalue weighted by molar-refractivity contribution is -0.120. The molecule has 1 aromatic heterocycles. The van der Waals surface area contributed by atoms with E-state index < -0.39 is 0 Å². The molecule has 156 valence electrons. The van der Waals surface area contributed by atoms with Crippen LogP contribution in [0, 0.1) is 5.92 Å². The van der Waals surface area contributed by atoms with Gasteiger partial charge >= 0.3 is 0 Å². The van der Waals surface area contributed by atoms with Crippen molar-refractivity contribution in [3.8, 4) is 0 Å². The van der Waals surface area contributed by atoms with Gasteiger partial charge in [0.2, 0.25) is 5.91 Å². The summed E-state index contributed by atoms with van der Waals surface area (Å²) in [7, 11) is 0. The second-order valence-electron chi connectivity index (χ2n) is 9.22. The van der Waals surface area contributed by atoms with Crippen LogP contribution in [0.1, 0.15) is 56.4 Å². The number of carbonyl (C=O) groups excluding carboxylic acids is 1. The zero-order valence-corrected chi connectivity index (χ0v) is 18.6. The second kappa shape index (κ2) is 8.31. The first kappa shape index (κ1) is 20.7. The number of anilines is 1. The number of rotatable bonds is 3. The number of nitrogens with zero attached hydrogens (tertiary/aromatic N) is 1. The van der Waals surface area contributed by atoms with Gasteiger partial charge in [-0.05, 0) is 65.8 Å². The Morgan fingerprint density at radius 2 is 1.73 bits per heavy atom. The summed E-state index contributed by atoms with van der Waals surface area (Å²) < 4.78 is 2.30. The number of benzene rings is 2. The van der Waals surface area contributed by atoms with Gasteiger partial charge in [-0.25, -0.2) is 0 Å². The van der Waals surface area contributed by atoms with Crippen LogP contribution in [0.3, 0.4) is 0 Å². The molecule has 2 unspecified atom stereocenters. The van der Waals surface area contributed by atoms with Crippen LogP contribution >= 0.6 is 11.6 Å². The zero-order chi connectivity index (χ0) is 21.3. The highest BCUT2D eigenvalue weighted by molar-refractivity contribution is 6.30. The van der Waals surface area contributed by atoms with Crippen molar-refractivity contribution in [2.24, 2.45) is 5.92 Å². The summed E-state index contributed by atoms with van der Waals surface area (Å²) in [6.07, 6.45) is 3.97. The fourth-order valence-corrected chi connectivity index (χ4v) is 4.54. The molecule has 1 amide bonds. The third-order valence-corrected chi connectivity index (χ3v) is 6.34. The molecule has 0 fully saturated rings. The molecule has 30 heavy (non-hydrogen) atoms. The van der Waals surface area contributed by atoms with Crippen LogP contribution < -0.4 is 5.32 Å². The van der Waals surface area contributed by atoms with E-state index in [1.165, 1.54) is 16.8 Å². The van der Waals surface area contributed by atoms with Crippen molar-refractivity contribution >= 4 is 23.2 Å². The second-order valence-corrected chi connectivity index (χ2v) is 9.66. The number of hydrogen-bond acceptors (Lipinski definition) is 1. The van der Waals surface area contributed by atoms with Crippen LogP contribution in [0.4, 0.5) is 5.69 Å². The van der Waals surface area contributed by atoms with E-state index in [2.05, 4.69) is 73.3 Å². The number of nitrogens with one attached hydrogen (secondary N) is 1. The van der Waals surface area contributed by atoms with Gasteiger partial charge in [-0.15, -0.1) is 0 Å². The number of fused-ring (bicyclic) bond motifs is 1. The Kier molecular flexibility index (Phi) is 5.75. The predicted molar refractivity (Wildman–Crippen MR) is 124 cm³/mol. The van der Waals surface area contributed by atoms with Gasteiger partial charge in [0.05, 0.1) is 5.92 Å². The largest absolute Gasteiger partial charge is 0.351 e. The average Bonchev–Trinajstić information content (AvgIpc) is 3.09. The Morgan fingerprint density at radius 1 is 1.03 bits per heavy atom. The third-order valence-electron chi connectivity index (χ3n) is 6.08. The van der Waals surface area contributed by atoms with Crippen LogP contribution in [0.15, 0.2) is 66.9 Å². The van der Waals surface area contributed by atoms with Crippen molar-refractivity contribution in [2.45, 2.75) is 51.5 Å². The molecule has 0 saturated carbocycles. The predicted octanol–water partition coefficient (Wildman–Crippen LogP) is 6.62. The first-order valence-corrected chi connectivity index (χ1v) is 11.0. The maximum Gasteiger partial charge on any atom is 0.228 e. The maximum atomic E-state index is 13.4. The number of halogens is 1. The lowest BCUT2D eigenvalue weighted by Crippen LogP contribution is -2.29. The molecular weight excluding hydrogens is 392 g/mol. The summed E-state index contributed by atoms with van der Waals surface area (Å²) in [6, 6.07) is 20.4. The van der Waals surface area contributed by atoms with Gasteiger partial charge in [0.25, 0.3) is 0 Å².